The number of hydrogen-bond acceptors (Lipinski definition) is 5. The first-order chi connectivity index (χ1) is 13.1. The van der Waals surface area contributed by atoms with Crippen LogP contribution in [0.5, 0.6) is 0 Å². The number of aliphatic hydroxyl groups is 1. The molecule has 0 spiro atoms. The molecule has 1 aliphatic heterocycles. The van der Waals surface area contributed by atoms with Gasteiger partial charge < -0.3 is 20.1 Å². The van der Waals surface area contributed by atoms with Crippen molar-refractivity contribution in [2.75, 3.05) is 23.4 Å². The maximum absolute atomic E-state index is 12.0. The van der Waals surface area contributed by atoms with E-state index in [1.54, 1.807) is 41.3 Å². The summed E-state index contributed by atoms with van der Waals surface area (Å²) in [6, 6.07) is 13.2. The third-order valence-corrected chi connectivity index (χ3v) is 4.24. The quantitative estimate of drug-likeness (QED) is 0.762. The van der Waals surface area contributed by atoms with Crippen molar-refractivity contribution in [1.29, 1.82) is 0 Å². The van der Waals surface area contributed by atoms with Crippen LogP contribution in [0.4, 0.5) is 11.4 Å². The van der Waals surface area contributed by atoms with E-state index in [0.717, 1.165) is 12.1 Å². The Labute approximate surface area is 156 Å². The van der Waals surface area contributed by atoms with Gasteiger partial charge in [0.2, 0.25) is 5.91 Å². The number of hydrogen-bond donors (Lipinski definition) is 2. The van der Waals surface area contributed by atoms with E-state index in [2.05, 4.69) is 5.32 Å². The molecule has 7 heteroatoms. The number of carbonyl (C=O) groups is 3. The zero-order chi connectivity index (χ0) is 19.2. The fourth-order valence-corrected chi connectivity index (χ4v) is 2.80. The number of esters is 1. The largest absolute Gasteiger partial charge is 0.452 e. The lowest BCUT2D eigenvalue weighted by Gasteiger charge is -2.16. The summed E-state index contributed by atoms with van der Waals surface area (Å²) in [6.45, 7) is 0.190. The van der Waals surface area contributed by atoms with Gasteiger partial charge in [0, 0.05) is 24.3 Å². The second-order valence-electron chi connectivity index (χ2n) is 6.18. The van der Waals surface area contributed by atoms with Gasteiger partial charge in [-0.15, -0.1) is 0 Å². The van der Waals surface area contributed by atoms with Crippen molar-refractivity contribution in [3.8, 4) is 0 Å². The molecule has 1 saturated heterocycles. The third-order valence-electron chi connectivity index (χ3n) is 4.24. The highest BCUT2D eigenvalue weighted by Crippen LogP contribution is 2.23. The summed E-state index contributed by atoms with van der Waals surface area (Å²) >= 11 is 0. The molecule has 1 fully saturated rings. The Kier molecular flexibility index (Phi) is 5.83. The van der Waals surface area contributed by atoms with Crippen LogP contribution in [0.2, 0.25) is 0 Å². The van der Waals surface area contributed by atoms with E-state index in [9.17, 15) is 14.4 Å². The smallest absolute Gasteiger partial charge is 0.338 e. The van der Waals surface area contributed by atoms with Crippen LogP contribution in [-0.4, -0.2) is 36.0 Å². The van der Waals surface area contributed by atoms with E-state index in [4.69, 9.17) is 9.84 Å². The number of amides is 2. The number of nitrogens with zero attached hydrogens (tertiary/aromatic N) is 1. The third kappa shape index (κ3) is 4.71. The zero-order valence-corrected chi connectivity index (χ0v) is 14.7. The van der Waals surface area contributed by atoms with Gasteiger partial charge >= 0.3 is 5.97 Å². The first-order valence-corrected chi connectivity index (χ1v) is 8.64. The molecule has 2 N–H and O–H groups in total. The molecule has 3 rings (SSSR count). The van der Waals surface area contributed by atoms with Gasteiger partial charge in [-0.25, -0.2) is 4.79 Å². The minimum Gasteiger partial charge on any atom is -0.452 e. The molecule has 140 valence electrons. The SMILES string of the molecule is O=C(COC(=O)c1ccc(CO)cc1)Nc1ccc(N2CCCC2=O)cc1. The van der Waals surface area contributed by atoms with Crippen LogP contribution in [0.3, 0.4) is 0 Å². The van der Waals surface area contributed by atoms with Crippen LogP contribution < -0.4 is 10.2 Å². The predicted molar refractivity (Wildman–Crippen MR) is 99.3 cm³/mol. The molecule has 1 heterocycles. The van der Waals surface area contributed by atoms with E-state index in [1.807, 2.05) is 0 Å². The lowest BCUT2D eigenvalue weighted by molar-refractivity contribution is -0.119. The van der Waals surface area contributed by atoms with Gasteiger partial charge in [0.25, 0.3) is 5.91 Å². The second-order valence-corrected chi connectivity index (χ2v) is 6.18. The normalized spacial score (nSPS) is 13.5. The summed E-state index contributed by atoms with van der Waals surface area (Å²) < 4.78 is 4.99. The molecule has 0 saturated carbocycles. The second kappa shape index (κ2) is 8.46. The fraction of sp³-hybridized carbons (Fsp3) is 0.250. The van der Waals surface area contributed by atoms with Crippen LogP contribution in [-0.2, 0) is 20.9 Å². The molecule has 2 aromatic rings. The minimum absolute atomic E-state index is 0.103. The summed E-state index contributed by atoms with van der Waals surface area (Å²) in [7, 11) is 0. The molecule has 0 atom stereocenters. The van der Waals surface area contributed by atoms with Crippen LogP contribution in [0.25, 0.3) is 0 Å². The number of benzene rings is 2. The molecule has 2 amide bonds. The zero-order valence-electron chi connectivity index (χ0n) is 14.7. The Bertz CT molecular complexity index is 830. The number of carbonyl (C=O) groups excluding carboxylic acids is 3. The summed E-state index contributed by atoms with van der Waals surface area (Å²) in [5.74, 6) is -0.969. The molecule has 0 radical (unpaired) electrons. The molecule has 2 aromatic carbocycles. The first kappa shape index (κ1) is 18.6. The summed E-state index contributed by atoms with van der Waals surface area (Å²) in [6.07, 6.45) is 1.41. The van der Waals surface area contributed by atoms with Gasteiger partial charge in [0.15, 0.2) is 6.61 Å². The van der Waals surface area contributed by atoms with Gasteiger partial charge in [0.05, 0.1) is 12.2 Å². The van der Waals surface area contributed by atoms with Crippen molar-refractivity contribution < 1.29 is 24.2 Å². The predicted octanol–water partition coefficient (Wildman–Crippen LogP) is 2.10. The van der Waals surface area contributed by atoms with Gasteiger partial charge in [-0.1, -0.05) is 12.1 Å². The molecule has 7 nitrogen and oxygen atoms in total. The van der Waals surface area contributed by atoms with E-state index in [1.165, 1.54) is 12.1 Å². The number of ether oxygens (including phenoxy) is 1. The Morgan fingerprint density at radius 3 is 2.37 bits per heavy atom. The van der Waals surface area contributed by atoms with E-state index >= 15 is 0 Å². The van der Waals surface area contributed by atoms with Crippen molar-refractivity contribution in [2.24, 2.45) is 0 Å². The highest BCUT2D eigenvalue weighted by Gasteiger charge is 2.21. The Morgan fingerprint density at radius 2 is 1.78 bits per heavy atom. The van der Waals surface area contributed by atoms with E-state index in [-0.39, 0.29) is 12.5 Å². The molecular formula is C20H20N2O5. The number of anilines is 2. The average molecular weight is 368 g/mol. The van der Waals surface area contributed by atoms with Crippen molar-refractivity contribution in [1.82, 2.24) is 0 Å². The van der Waals surface area contributed by atoms with Crippen LogP contribution >= 0.6 is 0 Å². The maximum atomic E-state index is 12.0. The molecule has 0 bridgehead atoms. The highest BCUT2D eigenvalue weighted by atomic mass is 16.5. The fourth-order valence-electron chi connectivity index (χ4n) is 2.80. The lowest BCUT2D eigenvalue weighted by Crippen LogP contribution is -2.23. The van der Waals surface area contributed by atoms with Crippen LogP contribution in [0.15, 0.2) is 48.5 Å². The monoisotopic (exact) mass is 368 g/mol. The topological polar surface area (TPSA) is 95.9 Å². The lowest BCUT2D eigenvalue weighted by atomic mass is 10.1. The standard InChI is InChI=1S/C20H20N2O5/c23-12-14-3-5-15(6-4-14)20(26)27-13-18(24)21-16-7-9-17(10-8-16)22-11-1-2-19(22)25/h3-10,23H,1-2,11-13H2,(H,21,24). The van der Waals surface area contributed by atoms with Gasteiger partial charge in [-0.05, 0) is 48.4 Å². The molecule has 0 aromatic heterocycles. The van der Waals surface area contributed by atoms with Crippen molar-refractivity contribution in [3.63, 3.8) is 0 Å². The Morgan fingerprint density at radius 1 is 1.07 bits per heavy atom. The number of aliphatic hydroxyl groups excluding tert-OH is 1. The average Bonchev–Trinajstić information content (AvgIpc) is 3.12. The summed E-state index contributed by atoms with van der Waals surface area (Å²) in [5.41, 5.74) is 2.34. The van der Waals surface area contributed by atoms with Gasteiger partial charge in [-0.2, -0.15) is 0 Å². The number of rotatable bonds is 6. The van der Waals surface area contributed by atoms with Crippen molar-refractivity contribution in [2.45, 2.75) is 19.4 Å². The Balaban J connectivity index is 1.50. The molecule has 0 aliphatic carbocycles. The van der Waals surface area contributed by atoms with Crippen LogP contribution in [0.1, 0.15) is 28.8 Å². The minimum atomic E-state index is -0.613. The molecular weight excluding hydrogens is 348 g/mol. The summed E-state index contributed by atoms with van der Waals surface area (Å²) in [5, 5.41) is 11.6. The van der Waals surface area contributed by atoms with E-state index < -0.39 is 18.5 Å². The molecule has 1 aliphatic rings. The van der Waals surface area contributed by atoms with E-state index in [0.29, 0.717) is 29.8 Å². The molecule has 0 unspecified atom stereocenters. The molecule has 27 heavy (non-hydrogen) atoms. The van der Waals surface area contributed by atoms with Gasteiger partial charge in [0.1, 0.15) is 0 Å². The van der Waals surface area contributed by atoms with Crippen molar-refractivity contribution in [3.05, 3.63) is 59.7 Å². The summed E-state index contributed by atoms with van der Waals surface area (Å²) in [4.78, 5) is 37.3. The highest BCUT2D eigenvalue weighted by molar-refractivity contribution is 5.97. The maximum Gasteiger partial charge on any atom is 0.338 e. The van der Waals surface area contributed by atoms with Gasteiger partial charge in [-0.3, -0.25) is 9.59 Å². The Hall–Kier alpha value is -3.19. The van der Waals surface area contributed by atoms with Crippen LogP contribution in [0, 0.1) is 0 Å². The van der Waals surface area contributed by atoms with Crippen molar-refractivity contribution >= 4 is 29.2 Å². The number of nitrogens with one attached hydrogen (secondary N) is 1. The first-order valence-electron chi connectivity index (χ1n) is 8.64.